The quantitative estimate of drug-likeness (QED) is 0.763. The molecular formula is C19H19N7O. The van der Waals surface area contributed by atoms with Gasteiger partial charge in [0.1, 0.15) is 11.5 Å². The molecule has 0 spiro atoms. The van der Waals surface area contributed by atoms with Crippen LogP contribution in [0.3, 0.4) is 0 Å². The molecule has 1 aliphatic rings. The van der Waals surface area contributed by atoms with Crippen molar-refractivity contribution < 1.29 is 4.79 Å². The fourth-order valence-electron chi connectivity index (χ4n) is 3.21. The van der Waals surface area contributed by atoms with Crippen molar-refractivity contribution in [3.05, 3.63) is 66.6 Å². The van der Waals surface area contributed by atoms with Gasteiger partial charge in [-0.1, -0.05) is 6.07 Å². The predicted molar refractivity (Wildman–Crippen MR) is 99.2 cm³/mol. The summed E-state index contributed by atoms with van der Waals surface area (Å²) >= 11 is 0. The van der Waals surface area contributed by atoms with Crippen LogP contribution in [-0.4, -0.2) is 42.3 Å². The van der Waals surface area contributed by atoms with Crippen LogP contribution in [0.15, 0.2) is 55.2 Å². The Kier molecular flexibility index (Phi) is 4.95. The molecule has 8 heteroatoms. The number of hydrogen-bond donors (Lipinski definition) is 1. The van der Waals surface area contributed by atoms with Crippen LogP contribution >= 0.6 is 0 Å². The number of pyridine rings is 1. The summed E-state index contributed by atoms with van der Waals surface area (Å²) in [7, 11) is 0. The minimum atomic E-state index is -0.120. The largest absolute Gasteiger partial charge is 0.329 e. The monoisotopic (exact) mass is 361 g/mol. The second-order valence-corrected chi connectivity index (χ2v) is 6.25. The minimum Gasteiger partial charge on any atom is -0.329 e. The van der Waals surface area contributed by atoms with Gasteiger partial charge in [0.2, 0.25) is 5.95 Å². The molecule has 8 nitrogen and oxygen atoms in total. The first kappa shape index (κ1) is 17.0. The van der Waals surface area contributed by atoms with E-state index in [0.29, 0.717) is 24.0 Å². The summed E-state index contributed by atoms with van der Waals surface area (Å²) in [6.07, 6.45) is 10.9. The summed E-state index contributed by atoms with van der Waals surface area (Å²) in [5.41, 5.74) is 1.16. The van der Waals surface area contributed by atoms with Gasteiger partial charge in [0.15, 0.2) is 0 Å². The van der Waals surface area contributed by atoms with Crippen molar-refractivity contribution in [1.82, 2.24) is 29.8 Å². The van der Waals surface area contributed by atoms with E-state index in [0.717, 1.165) is 25.0 Å². The van der Waals surface area contributed by atoms with Crippen molar-refractivity contribution in [2.24, 2.45) is 0 Å². The topological polar surface area (TPSA) is 96.8 Å². The highest BCUT2D eigenvalue weighted by Gasteiger charge is 2.30. The smallest absolute Gasteiger partial charge is 0.274 e. The average Bonchev–Trinajstić information content (AvgIpc) is 2.75. The van der Waals surface area contributed by atoms with Gasteiger partial charge in [0.25, 0.3) is 5.91 Å². The molecule has 3 aromatic heterocycles. The van der Waals surface area contributed by atoms with Crippen LogP contribution in [0.1, 0.15) is 41.5 Å². The first-order chi connectivity index (χ1) is 13.3. The molecule has 0 bridgehead atoms. The van der Waals surface area contributed by atoms with Gasteiger partial charge in [0.05, 0.1) is 17.9 Å². The highest BCUT2D eigenvalue weighted by molar-refractivity contribution is 5.92. The van der Waals surface area contributed by atoms with E-state index in [-0.39, 0.29) is 11.9 Å². The summed E-state index contributed by atoms with van der Waals surface area (Å²) < 4.78 is 0. The summed E-state index contributed by atoms with van der Waals surface area (Å²) in [5, 5.41) is 3.10. The Bertz CT molecular complexity index is 904. The van der Waals surface area contributed by atoms with Gasteiger partial charge in [-0.2, -0.15) is 0 Å². The van der Waals surface area contributed by atoms with E-state index in [1.807, 2.05) is 29.2 Å². The molecule has 1 atom stereocenters. The van der Waals surface area contributed by atoms with Crippen LogP contribution in [0, 0.1) is 0 Å². The Morgan fingerprint density at radius 1 is 1.04 bits per heavy atom. The molecule has 0 unspecified atom stereocenters. The number of carbonyl (C=O) groups is 1. The van der Waals surface area contributed by atoms with E-state index in [4.69, 9.17) is 0 Å². The van der Waals surface area contributed by atoms with Gasteiger partial charge >= 0.3 is 0 Å². The van der Waals surface area contributed by atoms with Gasteiger partial charge in [0, 0.05) is 31.3 Å². The van der Waals surface area contributed by atoms with Gasteiger partial charge in [-0.25, -0.2) is 19.9 Å². The number of carbonyl (C=O) groups excluding carboxylic acids is 1. The van der Waals surface area contributed by atoms with Gasteiger partial charge in [-0.3, -0.25) is 9.78 Å². The van der Waals surface area contributed by atoms with Gasteiger partial charge in [-0.15, -0.1) is 0 Å². The average molecular weight is 361 g/mol. The third kappa shape index (κ3) is 3.89. The summed E-state index contributed by atoms with van der Waals surface area (Å²) in [4.78, 5) is 36.0. The lowest BCUT2D eigenvalue weighted by Gasteiger charge is -2.35. The van der Waals surface area contributed by atoms with Crippen LogP contribution in [0.2, 0.25) is 0 Å². The maximum atomic E-state index is 12.9. The Morgan fingerprint density at radius 3 is 2.81 bits per heavy atom. The molecule has 0 aromatic carbocycles. The van der Waals surface area contributed by atoms with E-state index >= 15 is 0 Å². The molecule has 1 amide bonds. The van der Waals surface area contributed by atoms with E-state index in [1.165, 1.54) is 12.4 Å². The summed E-state index contributed by atoms with van der Waals surface area (Å²) in [5.74, 6) is 1.01. The third-order valence-corrected chi connectivity index (χ3v) is 4.47. The second-order valence-electron chi connectivity index (χ2n) is 6.25. The molecule has 27 heavy (non-hydrogen) atoms. The molecule has 0 saturated carbocycles. The van der Waals surface area contributed by atoms with Crippen molar-refractivity contribution in [3.63, 3.8) is 0 Å². The van der Waals surface area contributed by atoms with Crippen molar-refractivity contribution in [2.45, 2.75) is 25.3 Å². The zero-order chi connectivity index (χ0) is 18.5. The fourth-order valence-corrected chi connectivity index (χ4v) is 3.21. The molecule has 136 valence electrons. The second kappa shape index (κ2) is 7.86. The highest BCUT2D eigenvalue weighted by Crippen LogP contribution is 2.31. The predicted octanol–water partition coefficient (Wildman–Crippen LogP) is 2.77. The third-order valence-electron chi connectivity index (χ3n) is 4.47. The van der Waals surface area contributed by atoms with Crippen LogP contribution in [0.5, 0.6) is 0 Å². The maximum absolute atomic E-state index is 12.9. The SMILES string of the molecule is O=C(c1cnccn1)N1CCCC[C@H]1c1ccnc(Nc2ccccn2)n1. The molecule has 1 saturated heterocycles. The first-order valence-corrected chi connectivity index (χ1v) is 8.89. The molecule has 1 N–H and O–H groups in total. The summed E-state index contributed by atoms with van der Waals surface area (Å²) in [6.45, 7) is 0.674. The lowest BCUT2D eigenvalue weighted by molar-refractivity contribution is 0.0599. The number of piperidine rings is 1. The number of anilines is 2. The zero-order valence-electron chi connectivity index (χ0n) is 14.7. The molecule has 1 aliphatic heterocycles. The normalized spacial score (nSPS) is 16.7. The minimum absolute atomic E-state index is 0.111. The standard InChI is InChI=1S/C19H19N7O/c27-18(15-13-20-10-11-21-15)26-12-4-2-5-16(26)14-7-9-23-19(24-14)25-17-6-1-3-8-22-17/h1,3,6-11,13,16H,2,4-5,12H2,(H,22,23,24,25)/t16-/m0/s1. The number of amides is 1. The summed E-state index contributed by atoms with van der Waals surface area (Å²) in [6, 6.07) is 7.33. The molecule has 3 aromatic rings. The van der Waals surface area contributed by atoms with Crippen LogP contribution in [0.4, 0.5) is 11.8 Å². The number of likely N-dealkylation sites (tertiary alicyclic amines) is 1. The van der Waals surface area contributed by atoms with E-state index in [1.54, 1.807) is 18.6 Å². The van der Waals surface area contributed by atoms with Crippen molar-refractivity contribution in [2.75, 3.05) is 11.9 Å². The fraction of sp³-hybridized carbons (Fsp3) is 0.263. The van der Waals surface area contributed by atoms with Crippen molar-refractivity contribution in [3.8, 4) is 0 Å². The lowest BCUT2D eigenvalue weighted by Crippen LogP contribution is -2.39. The van der Waals surface area contributed by atoms with Crippen LogP contribution in [0.25, 0.3) is 0 Å². The molecule has 0 radical (unpaired) electrons. The van der Waals surface area contributed by atoms with E-state index < -0.39 is 0 Å². The molecule has 1 fully saturated rings. The number of aromatic nitrogens is 5. The lowest BCUT2D eigenvalue weighted by atomic mass is 9.98. The van der Waals surface area contributed by atoms with Gasteiger partial charge < -0.3 is 10.2 Å². The van der Waals surface area contributed by atoms with Crippen LogP contribution < -0.4 is 5.32 Å². The Morgan fingerprint density at radius 2 is 2.00 bits per heavy atom. The highest BCUT2D eigenvalue weighted by atomic mass is 16.2. The Hall–Kier alpha value is -3.42. The molecule has 4 heterocycles. The molecular weight excluding hydrogens is 342 g/mol. The number of rotatable bonds is 4. The Labute approximate surface area is 156 Å². The molecule has 0 aliphatic carbocycles. The first-order valence-electron chi connectivity index (χ1n) is 8.89. The number of nitrogens with zero attached hydrogens (tertiary/aromatic N) is 6. The van der Waals surface area contributed by atoms with E-state index in [9.17, 15) is 4.79 Å². The number of nitrogens with one attached hydrogen (secondary N) is 1. The molecule has 4 rings (SSSR count). The van der Waals surface area contributed by atoms with Gasteiger partial charge in [-0.05, 0) is 37.5 Å². The van der Waals surface area contributed by atoms with Crippen molar-refractivity contribution in [1.29, 1.82) is 0 Å². The number of hydrogen-bond acceptors (Lipinski definition) is 7. The van der Waals surface area contributed by atoms with Crippen LogP contribution in [-0.2, 0) is 0 Å². The Balaban J connectivity index is 1.58. The van der Waals surface area contributed by atoms with E-state index in [2.05, 4.69) is 30.2 Å². The maximum Gasteiger partial charge on any atom is 0.274 e. The zero-order valence-corrected chi connectivity index (χ0v) is 14.7. The van der Waals surface area contributed by atoms with Crippen molar-refractivity contribution >= 4 is 17.7 Å².